The summed E-state index contributed by atoms with van der Waals surface area (Å²) in [5, 5.41) is 2.97. The van der Waals surface area contributed by atoms with Crippen molar-refractivity contribution in [3.8, 4) is 17.2 Å². The summed E-state index contributed by atoms with van der Waals surface area (Å²) >= 11 is 0. The normalized spacial score (nSPS) is 18.7. The molecule has 8 nitrogen and oxygen atoms in total. The van der Waals surface area contributed by atoms with Crippen LogP contribution in [0.5, 0.6) is 17.2 Å². The highest BCUT2D eigenvalue weighted by Gasteiger charge is 2.44. The van der Waals surface area contributed by atoms with Gasteiger partial charge in [0.1, 0.15) is 5.75 Å². The first-order valence-electron chi connectivity index (χ1n) is 11.0. The quantitative estimate of drug-likeness (QED) is 0.530. The Morgan fingerprint density at radius 2 is 1.76 bits per heavy atom. The topological polar surface area (TPSA) is 94.2 Å². The summed E-state index contributed by atoms with van der Waals surface area (Å²) in [6.45, 7) is 2.84. The van der Waals surface area contributed by atoms with E-state index in [9.17, 15) is 13.2 Å². The first-order chi connectivity index (χ1) is 15.9. The van der Waals surface area contributed by atoms with Crippen LogP contribution in [0.25, 0.3) is 0 Å². The molecule has 0 bridgehead atoms. The summed E-state index contributed by atoms with van der Waals surface area (Å²) in [4.78, 5) is 13.3. The molecule has 1 amide bonds. The van der Waals surface area contributed by atoms with E-state index < -0.39 is 15.9 Å². The van der Waals surface area contributed by atoms with Gasteiger partial charge in [-0.05, 0) is 36.8 Å². The molecule has 1 aliphatic rings. The second-order valence-electron chi connectivity index (χ2n) is 7.94. The van der Waals surface area contributed by atoms with Crippen LogP contribution in [0.2, 0.25) is 0 Å². The van der Waals surface area contributed by atoms with Gasteiger partial charge in [-0.25, -0.2) is 8.42 Å². The van der Waals surface area contributed by atoms with E-state index in [1.165, 1.54) is 23.5 Å². The van der Waals surface area contributed by atoms with Crippen LogP contribution in [0.4, 0.5) is 0 Å². The zero-order valence-electron chi connectivity index (χ0n) is 19.5. The van der Waals surface area contributed by atoms with E-state index in [2.05, 4.69) is 12.2 Å². The molecule has 3 rings (SSSR count). The Morgan fingerprint density at radius 1 is 1.03 bits per heavy atom. The van der Waals surface area contributed by atoms with Gasteiger partial charge in [-0.15, -0.1) is 0 Å². The van der Waals surface area contributed by atoms with Crippen molar-refractivity contribution in [2.75, 3.05) is 41.0 Å². The molecule has 180 valence electrons. The predicted molar refractivity (Wildman–Crippen MR) is 125 cm³/mol. The van der Waals surface area contributed by atoms with Crippen molar-refractivity contribution in [1.29, 1.82) is 0 Å². The number of carbonyl (C=O) groups excluding carboxylic acids is 1. The Bertz CT molecular complexity index is 1060. The van der Waals surface area contributed by atoms with Crippen LogP contribution < -0.4 is 19.5 Å². The number of unbranched alkanes of at least 4 members (excludes halogenated alkanes) is 1. The van der Waals surface area contributed by atoms with E-state index in [0.717, 1.165) is 18.4 Å². The van der Waals surface area contributed by atoms with Crippen LogP contribution in [0.3, 0.4) is 0 Å². The standard InChI is InChI=1S/C24H32N2O6S/c1-5-6-14-25-24(27)21-16-26(33(28,29)18-12-10-17(30-2)11-13-18)15-20(21)19-8-7-9-22(31-3)23(19)32-4/h7-13,20-21H,5-6,14-16H2,1-4H3,(H,25,27)/t20-,21+/m0/s1. The van der Waals surface area contributed by atoms with Gasteiger partial charge in [-0.3, -0.25) is 4.79 Å². The number of amides is 1. The minimum Gasteiger partial charge on any atom is -0.497 e. The molecule has 0 radical (unpaired) electrons. The highest BCUT2D eigenvalue weighted by Crippen LogP contribution is 2.43. The van der Waals surface area contributed by atoms with Gasteiger partial charge in [-0.1, -0.05) is 25.5 Å². The number of rotatable bonds is 10. The molecular weight excluding hydrogens is 444 g/mol. The molecule has 2 aromatic carbocycles. The summed E-state index contributed by atoms with van der Waals surface area (Å²) in [5.41, 5.74) is 0.750. The first kappa shape index (κ1) is 24.9. The SMILES string of the molecule is CCCCNC(=O)[C@@H]1CN(S(=O)(=O)c2ccc(OC)cc2)C[C@H]1c1cccc(OC)c1OC. The van der Waals surface area contributed by atoms with E-state index in [-0.39, 0.29) is 29.8 Å². The van der Waals surface area contributed by atoms with E-state index in [0.29, 0.717) is 23.8 Å². The first-order valence-corrected chi connectivity index (χ1v) is 12.4. The molecule has 2 atom stereocenters. The molecule has 0 spiro atoms. The highest BCUT2D eigenvalue weighted by molar-refractivity contribution is 7.89. The number of para-hydroxylation sites is 1. The van der Waals surface area contributed by atoms with Crippen LogP contribution in [0, 0.1) is 5.92 Å². The van der Waals surface area contributed by atoms with Crippen molar-refractivity contribution >= 4 is 15.9 Å². The van der Waals surface area contributed by atoms with Gasteiger partial charge < -0.3 is 19.5 Å². The van der Waals surface area contributed by atoms with Crippen LogP contribution in [0.1, 0.15) is 31.2 Å². The maximum atomic E-state index is 13.4. The molecule has 0 aliphatic carbocycles. The number of carbonyl (C=O) groups is 1. The molecule has 1 aliphatic heterocycles. The lowest BCUT2D eigenvalue weighted by Crippen LogP contribution is -2.36. The van der Waals surface area contributed by atoms with Gasteiger partial charge in [0.25, 0.3) is 0 Å². The fourth-order valence-electron chi connectivity index (χ4n) is 4.16. The number of sulfonamides is 1. The summed E-state index contributed by atoms with van der Waals surface area (Å²) < 4.78 is 44.4. The lowest BCUT2D eigenvalue weighted by atomic mass is 9.87. The average Bonchev–Trinajstić information content (AvgIpc) is 3.30. The monoisotopic (exact) mass is 476 g/mol. The van der Waals surface area contributed by atoms with Crippen molar-refractivity contribution in [1.82, 2.24) is 9.62 Å². The maximum absolute atomic E-state index is 13.4. The van der Waals surface area contributed by atoms with Crippen molar-refractivity contribution in [3.05, 3.63) is 48.0 Å². The lowest BCUT2D eigenvalue weighted by molar-refractivity contribution is -0.124. The number of hydrogen-bond donors (Lipinski definition) is 1. The Morgan fingerprint density at radius 3 is 2.36 bits per heavy atom. The number of benzene rings is 2. The summed E-state index contributed by atoms with van der Waals surface area (Å²) in [6.07, 6.45) is 1.82. The third-order valence-electron chi connectivity index (χ3n) is 5.98. The average molecular weight is 477 g/mol. The predicted octanol–water partition coefficient (Wildman–Crippen LogP) is 3.03. The lowest BCUT2D eigenvalue weighted by Gasteiger charge is -2.21. The van der Waals surface area contributed by atoms with Crippen LogP contribution >= 0.6 is 0 Å². The minimum atomic E-state index is -3.81. The van der Waals surface area contributed by atoms with Gasteiger partial charge in [0.15, 0.2) is 11.5 Å². The minimum absolute atomic E-state index is 0.0807. The van der Waals surface area contributed by atoms with Gasteiger partial charge in [0, 0.05) is 31.1 Å². The molecule has 2 aromatic rings. The molecule has 0 saturated carbocycles. The van der Waals surface area contributed by atoms with E-state index in [1.54, 1.807) is 32.4 Å². The largest absolute Gasteiger partial charge is 0.497 e. The number of methoxy groups -OCH3 is 3. The Hall–Kier alpha value is -2.78. The van der Waals surface area contributed by atoms with E-state index >= 15 is 0 Å². The fourth-order valence-corrected chi connectivity index (χ4v) is 5.66. The number of nitrogens with one attached hydrogen (secondary N) is 1. The maximum Gasteiger partial charge on any atom is 0.243 e. The van der Waals surface area contributed by atoms with Crippen LogP contribution in [-0.2, 0) is 14.8 Å². The fraction of sp³-hybridized carbons (Fsp3) is 0.458. The molecule has 0 aromatic heterocycles. The zero-order valence-corrected chi connectivity index (χ0v) is 20.4. The number of ether oxygens (including phenoxy) is 3. The summed E-state index contributed by atoms with van der Waals surface area (Å²) in [7, 11) is 0.807. The van der Waals surface area contributed by atoms with Crippen molar-refractivity contribution in [2.45, 2.75) is 30.6 Å². The van der Waals surface area contributed by atoms with Crippen LogP contribution in [-0.4, -0.2) is 59.6 Å². The van der Waals surface area contributed by atoms with Crippen molar-refractivity contribution < 1.29 is 27.4 Å². The zero-order chi connectivity index (χ0) is 24.0. The van der Waals surface area contributed by atoms with Gasteiger partial charge >= 0.3 is 0 Å². The number of nitrogens with zero attached hydrogens (tertiary/aromatic N) is 1. The second-order valence-corrected chi connectivity index (χ2v) is 9.88. The summed E-state index contributed by atoms with van der Waals surface area (Å²) in [6, 6.07) is 11.7. The van der Waals surface area contributed by atoms with Gasteiger partial charge in [0.2, 0.25) is 15.9 Å². The van der Waals surface area contributed by atoms with Crippen molar-refractivity contribution in [2.24, 2.45) is 5.92 Å². The molecule has 33 heavy (non-hydrogen) atoms. The Kier molecular flexibility index (Phi) is 8.20. The Labute approximate surface area is 195 Å². The van der Waals surface area contributed by atoms with E-state index in [1.807, 2.05) is 12.1 Å². The smallest absolute Gasteiger partial charge is 0.243 e. The molecule has 9 heteroatoms. The van der Waals surface area contributed by atoms with E-state index in [4.69, 9.17) is 14.2 Å². The summed E-state index contributed by atoms with van der Waals surface area (Å²) in [5.74, 6) is 0.519. The molecular formula is C24H32N2O6S. The van der Waals surface area contributed by atoms with Gasteiger partial charge in [-0.2, -0.15) is 4.31 Å². The molecule has 1 saturated heterocycles. The van der Waals surface area contributed by atoms with Gasteiger partial charge in [0.05, 0.1) is 32.1 Å². The third kappa shape index (κ3) is 5.25. The molecule has 1 heterocycles. The number of hydrogen-bond acceptors (Lipinski definition) is 6. The Balaban J connectivity index is 1.97. The molecule has 1 N–H and O–H groups in total. The van der Waals surface area contributed by atoms with Crippen molar-refractivity contribution in [3.63, 3.8) is 0 Å². The highest BCUT2D eigenvalue weighted by atomic mass is 32.2. The third-order valence-corrected chi connectivity index (χ3v) is 7.83. The van der Waals surface area contributed by atoms with Crippen LogP contribution in [0.15, 0.2) is 47.4 Å². The molecule has 1 fully saturated rings. The molecule has 0 unspecified atom stereocenters. The second kappa shape index (κ2) is 10.9.